The summed E-state index contributed by atoms with van der Waals surface area (Å²) in [6.07, 6.45) is 0. The molecule has 122 valence electrons. The molecule has 1 fully saturated rings. The second-order valence-corrected chi connectivity index (χ2v) is 6.13. The van der Waals surface area contributed by atoms with E-state index in [-0.39, 0.29) is 0 Å². The summed E-state index contributed by atoms with van der Waals surface area (Å²) in [4.78, 5) is 10.8. The Morgan fingerprint density at radius 2 is 1.96 bits per heavy atom. The standard InChI is InChI=1S/C16H21ClN6/c1-19-14-9-23(10-14)15-6-13(21-16(18)22-15)8-20-7-11-2-4-12(17)5-3-11/h2-6,14,19-20H,7-10H2,1H3,(H2,18,21,22). The molecule has 2 heterocycles. The van der Waals surface area contributed by atoms with Crippen LogP contribution in [0, 0.1) is 0 Å². The van der Waals surface area contributed by atoms with Gasteiger partial charge in [0.05, 0.1) is 5.69 Å². The Balaban J connectivity index is 1.57. The van der Waals surface area contributed by atoms with E-state index in [4.69, 9.17) is 17.3 Å². The molecule has 0 radical (unpaired) electrons. The molecule has 7 heteroatoms. The summed E-state index contributed by atoms with van der Waals surface area (Å²) in [5.74, 6) is 1.21. The van der Waals surface area contributed by atoms with E-state index in [1.165, 1.54) is 5.56 Å². The summed E-state index contributed by atoms with van der Waals surface area (Å²) in [5.41, 5.74) is 7.91. The van der Waals surface area contributed by atoms with Crippen LogP contribution in [0.1, 0.15) is 11.3 Å². The molecular weight excluding hydrogens is 312 g/mol. The van der Waals surface area contributed by atoms with E-state index in [2.05, 4.69) is 25.5 Å². The summed E-state index contributed by atoms with van der Waals surface area (Å²) >= 11 is 5.89. The number of aromatic nitrogens is 2. The smallest absolute Gasteiger partial charge is 0.222 e. The van der Waals surface area contributed by atoms with Gasteiger partial charge in [-0.1, -0.05) is 23.7 Å². The maximum absolute atomic E-state index is 5.89. The van der Waals surface area contributed by atoms with E-state index in [0.717, 1.165) is 36.2 Å². The zero-order valence-electron chi connectivity index (χ0n) is 13.1. The first kappa shape index (κ1) is 16.0. The number of nitrogens with zero attached hydrogens (tertiary/aromatic N) is 3. The van der Waals surface area contributed by atoms with Crippen LogP contribution < -0.4 is 21.3 Å². The van der Waals surface area contributed by atoms with Crippen molar-refractivity contribution in [3.63, 3.8) is 0 Å². The fourth-order valence-corrected chi connectivity index (χ4v) is 2.67. The Hall–Kier alpha value is -1.89. The highest BCUT2D eigenvalue weighted by molar-refractivity contribution is 6.30. The van der Waals surface area contributed by atoms with E-state index >= 15 is 0 Å². The quantitative estimate of drug-likeness (QED) is 0.742. The van der Waals surface area contributed by atoms with Crippen LogP contribution in [0.2, 0.25) is 5.02 Å². The second-order valence-electron chi connectivity index (χ2n) is 5.70. The predicted molar refractivity (Wildman–Crippen MR) is 93.5 cm³/mol. The average Bonchev–Trinajstić information content (AvgIpc) is 2.48. The van der Waals surface area contributed by atoms with Gasteiger partial charge in [-0.05, 0) is 24.7 Å². The zero-order valence-corrected chi connectivity index (χ0v) is 13.8. The van der Waals surface area contributed by atoms with Crippen LogP contribution in [-0.4, -0.2) is 36.1 Å². The number of benzene rings is 1. The van der Waals surface area contributed by atoms with Crippen molar-refractivity contribution < 1.29 is 0 Å². The normalized spacial score (nSPS) is 14.8. The van der Waals surface area contributed by atoms with E-state index in [1.807, 2.05) is 37.4 Å². The predicted octanol–water partition coefficient (Wildman–Crippen LogP) is 1.41. The molecule has 0 atom stereocenters. The third kappa shape index (κ3) is 4.10. The first-order valence-corrected chi connectivity index (χ1v) is 8.02. The fourth-order valence-electron chi connectivity index (χ4n) is 2.54. The lowest BCUT2D eigenvalue weighted by molar-refractivity contribution is 0.447. The molecule has 1 aromatic carbocycles. The molecule has 1 aliphatic rings. The number of rotatable bonds is 6. The van der Waals surface area contributed by atoms with Gasteiger partial charge < -0.3 is 21.3 Å². The van der Waals surface area contributed by atoms with Gasteiger partial charge in [-0.15, -0.1) is 0 Å². The number of likely N-dealkylation sites (N-methyl/N-ethyl adjacent to an activating group) is 1. The van der Waals surface area contributed by atoms with Crippen molar-refractivity contribution in [2.24, 2.45) is 0 Å². The molecule has 0 spiro atoms. The summed E-state index contributed by atoms with van der Waals surface area (Å²) in [6.45, 7) is 3.29. The lowest BCUT2D eigenvalue weighted by Crippen LogP contribution is -2.57. The Labute approximate surface area is 141 Å². The summed E-state index contributed by atoms with van der Waals surface area (Å²) < 4.78 is 0. The number of nitrogens with one attached hydrogen (secondary N) is 2. The van der Waals surface area contributed by atoms with Crippen LogP contribution in [0.5, 0.6) is 0 Å². The second kappa shape index (κ2) is 7.12. The van der Waals surface area contributed by atoms with E-state index in [1.54, 1.807) is 0 Å². The van der Waals surface area contributed by atoms with Crippen LogP contribution in [0.15, 0.2) is 30.3 Å². The first-order valence-electron chi connectivity index (χ1n) is 7.65. The number of nitrogens with two attached hydrogens (primary N) is 1. The molecule has 0 unspecified atom stereocenters. The van der Waals surface area contributed by atoms with Gasteiger partial charge >= 0.3 is 0 Å². The summed E-state index contributed by atoms with van der Waals surface area (Å²) in [7, 11) is 1.97. The third-order valence-corrected chi connectivity index (χ3v) is 4.20. The minimum absolute atomic E-state index is 0.318. The van der Waals surface area contributed by atoms with Gasteiger partial charge in [-0.3, -0.25) is 0 Å². The highest BCUT2D eigenvalue weighted by Gasteiger charge is 2.26. The maximum atomic E-state index is 5.89. The molecule has 1 aliphatic heterocycles. The Morgan fingerprint density at radius 3 is 2.65 bits per heavy atom. The lowest BCUT2D eigenvalue weighted by Gasteiger charge is -2.40. The molecule has 1 aromatic heterocycles. The van der Waals surface area contributed by atoms with Gasteiger partial charge in [0.2, 0.25) is 5.95 Å². The summed E-state index contributed by atoms with van der Waals surface area (Å²) in [5, 5.41) is 7.36. The van der Waals surface area contributed by atoms with E-state index < -0.39 is 0 Å². The SMILES string of the molecule is CNC1CN(c2cc(CNCc3ccc(Cl)cc3)nc(N)n2)C1. The zero-order chi connectivity index (χ0) is 16.2. The minimum atomic E-state index is 0.318. The van der Waals surface area contributed by atoms with Crippen LogP contribution in [0.3, 0.4) is 0 Å². The van der Waals surface area contributed by atoms with Gasteiger partial charge in [0.15, 0.2) is 0 Å². The Bertz CT molecular complexity index is 654. The molecule has 6 nitrogen and oxygen atoms in total. The molecule has 2 aromatic rings. The lowest BCUT2D eigenvalue weighted by atomic mass is 10.1. The van der Waals surface area contributed by atoms with Crippen molar-refractivity contribution in [2.45, 2.75) is 19.1 Å². The Morgan fingerprint density at radius 1 is 1.22 bits per heavy atom. The minimum Gasteiger partial charge on any atom is -0.368 e. The largest absolute Gasteiger partial charge is 0.368 e. The van der Waals surface area contributed by atoms with Crippen LogP contribution in [-0.2, 0) is 13.1 Å². The van der Waals surface area contributed by atoms with Crippen molar-refractivity contribution in [2.75, 3.05) is 30.8 Å². The van der Waals surface area contributed by atoms with Crippen LogP contribution in [0.25, 0.3) is 0 Å². The molecule has 23 heavy (non-hydrogen) atoms. The van der Waals surface area contributed by atoms with Crippen molar-refractivity contribution in [3.8, 4) is 0 Å². The maximum Gasteiger partial charge on any atom is 0.222 e. The first-order chi connectivity index (χ1) is 11.1. The van der Waals surface area contributed by atoms with Crippen molar-refractivity contribution >= 4 is 23.4 Å². The number of nitrogen functional groups attached to an aromatic ring is 1. The number of halogens is 1. The molecule has 3 rings (SSSR count). The van der Waals surface area contributed by atoms with Crippen molar-refractivity contribution in [3.05, 3.63) is 46.6 Å². The van der Waals surface area contributed by atoms with Gasteiger partial charge in [0, 0.05) is 43.3 Å². The highest BCUT2D eigenvalue weighted by Crippen LogP contribution is 2.20. The molecule has 4 N–H and O–H groups in total. The summed E-state index contributed by atoms with van der Waals surface area (Å²) in [6, 6.07) is 10.3. The van der Waals surface area contributed by atoms with Gasteiger partial charge in [-0.2, -0.15) is 4.98 Å². The topological polar surface area (TPSA) is 79.1 Å². The van der Waals surface area contributed by atoms with Crippen molar-refractivity contribution in [1.29, 1.82) is 0 Å². The molecule has 0 bridgehead atoms. The van der Waals surface area contributed by atoms with E-state index in [0.29, 0.717) is 18.5 Å². The number of anilines is 2. The molecule has 0 saturated carbocycles. The monoisotopic (exact) mass is 332 g/mol. The molecule has 0 aliphatic carbocycles. The van der Waals surface area contributed by atoms with Gasteiger partial charge in [0.25, 0.3) is 0 Å². The molecule has 1 saturated heterocycles. The highest BCUT2D eigenvalue weighted by atomic mass is 35.5. The van der Waals surface area contributed by atoms with Gasteiger partial charge in [0.1, 0.15) is 5.82 Å². The van der Waals surface area contributed by atoms with Crippen LogP contribution >= 0.6 is 11.6 Å². The van der Waals surface area contributed by atoms with Crippen molar-refractivity contribution in [1.82, 2.24) is 20.6 Å². The Kier molecular flexibility index (Phi) is 4.95. The molecular formula is C16H21ClN6. The molecule has 0 amide bonds. The van der Waals surface area contributed by atoms with Gasteiger partial charge in [-0.25, -0.2) is 4.98 Å². The average molecular weight is 333 g/mol. The van der Waals surface area contributed by atoms with Crippen LogP contribution in [0.4, 0.5) is 11.8 Å². The number of hydrogen-bond donors (Lipinski definition) is 3. The number of hydrogen-bond acceptors (Lipinski definition) is 6. The third-order valence-electron chi connectivity index (χ3n) is 3.95. The fraction of sp³-hybridized carbons (Fsp3) is 0.375. The van der Waals surface area contributed by atoms with E-state index in [9.17, 15) is 0 Å².